The Morgan fingerprint density at radius 2 is 1.77 bits per heavy atom. The molecule has 2 saturated carbocycles. The maximum absolute atomic E-state index is 13.4. The zero-order valence-corrected chi connectivity index (χ0v) is 8.45. The van der Waals surface area contributed by atoms with Crippen molar-refractivity contribution < 1.29 is 8.78 Å². The van der Waals surface area contributed by atoms with E-state index < -0.39 is 5.92 Å². The van der Waals surface area contributed by atoms with E-state index in [1.165, 1.54) is 0 Å². The molecule has 0 N–H and O–H groups in total. The van der Waals surface area contributed by atoms with Crippen molar-refractivity contribution in [2.75, 3.05) is 0 Å². The van der Waals surface area contributed by atoms with Gasteiger partial charge in [0.05, 0.1) is 0 Å². The second-order valence-corrected chi connectivity index (χ2v) is 5.45. The Kier molecular flexibility index (Phi) is 1.94. The Bertz CT molecular complexity index is 198. The molecule has 0 saturated heterocycles. The van der Waals surface area contributed by atoms with Crippen molar-refractivity contribution in [3.63, 3.8) is 0 Å². The molecule has 0 aromatic rings. The van der Waals surface area contributed by atoms with Crippen LogP contribution in [0.3, 0.4) is 0 Å². The van der Waals surface area contributed by atoms with Crippen molar-refractivity contribution in [2.45, 2.75) is 51.9 Å². The van der Waals surface area contributed by atoms with E-state index in [0.717, 1.165) is 19.3 Å². The first-order chi connectivity index (χ1) is 5.93. The molecule has 13 heavy (non-hydrogen) atoms. The summed E-state index contributed by atoms with van der Waals surface area (Å²) in [4.78, 5) is 0. The first-order valence-electron chi connectivity index (χ1n) is 5.30. The van der Waals surface area contributed by atoms with Crippen LogP contribution in [0.2, 0.25) is 0 Å². The summed E-state index contributed by atoms with van der Waals surface area (Å²) in [6, 6.07) is 0. The molecule has 0 aliphatic heterocycles. The van der Waals surface area contributed by atoms with Gasteiger partial charge in [-0.2, -0.15) is 0 Å². The van der Waals surface area contributed by atoms with Gasteiger partial charge >= 0.3 is 0 Å². The summed E-state index contributed by atoms with van der Waals surface area (Å²) < 4.78 is 26.7. The minimum Gasteiger partial charge on any atom is -0.207 e. The van der Waals surface area contributed by atoms with E-state index in [9.17, 15) is 8.78 Å². The van der Waals surface area contributed by atoms with Crippen molar-refractivity contribution >= 4 is 0 Å². The van der Waals surface area contributed by atoms with Crippen molar-refractivity contribution in [1.82, 2.24) is 0 Å². The molecule has 0 nitrogen and oxygen atoms in total. The van der Waals surface area contributed by atoms with Crippen LogP contribution < -0.4 is 0 Å². The Morgan fingerprint density at radius 3 is 2.23 bits per heavy atom. The van der Waals surface area contributed by atoms with Crippen LogP contribution in [0.1, 0.15) is 46.0 Å². The molecular weight excluding hydrogens is 170 g/mol. The van der Waals surface area contributed by atoms with E-state index in [2.05, 4.69) is 13.8 Å². The zero-order valence-electron chi connectivity index (χ0n) is 8.45. The zero-order chi connectivity index (χ0) is 9.69. The highest BCUT2D eigenvalue weighted by molar-refractivity contribution is 5.02. The van der Waals surface area contributed by atoms with E-state index in [-0.39, 0.29) is 24.2 Å². The molecule has 2 rings (SSSR count). The molecule has 0 bridgehead atoms. The van der Waals surface area contributed by atoms with Gasteiger partial charge in [0.25, 0.3) is 0 Å². The van der Waals surface area contributed by atoms with Crippen LogP contribution in [-0.2, 0) is 0 Å². The third-order valence-electron chi connectivity index (χ3n) is 3.79. The molecular formula is C11H18F2. The molecule has 2 fully saturated rings. The van der Waals surface area contributed by atoms with Gasteiger partial charge in [-0.05, 0) is 36.5 Å². The summed E-state index contributed by atoms with van der Waals surface area (Å²) in [7, 11) is 0. The van der Waals surface area contributed by atoms with E-state index in [1.807, 2.05) is 0 Å². The van der Waals surface area contributed by atoms with E-state index in [1.54, 1.807) is 0 Å². The second-order valence-electron chi connectivity index (χ2n) is 5.45. The monoisotopic (exact) mass is 188 g/mol. The SMILES string of the molecule is CC(C)C1CC(F)(F)CC2(CC2)C1. The van der Waals surface area contributed by atoms with Gasteiger partial charge in [-0.3, -0.25) is 0 Å². The van der Waals surface area contributed by atoms with Crippen LogP contribution in [0.15, 0.2) is 0 Å². The lowest BCUT2D eigenvalue weighted by atomic mass is 9.72. The first-order valence-corrected chi connectivity index (χ1v) is 5.30. The van der Waals surface area contributed by atoms with E-state index in [0.29, 0.717) is 5.92 Å². The van der Waals surface area contributed by atoms with Crippen LogP contribution in [0.4, 0.5) is 8.78 Å². The van der Waals surface area contributed by atoms with Crippen molar-refractivity contribution in [2.24, 2.45) is 17.3 Å². The van der Waals surface area contributed by atoms with Crippen molar-refractivity contribution in [1.29, 1.82) is 0 Å². The summed E-state index contributed by atoms with van der Waals surface area (Å²) in [6.07, 6.45) is 3.45. The van der Waals surface area contributed by atoms with Crippen LogP contribution in [0.25, 0.3) is 0 Å². The fourth-order valence-corrected chi connectivity index (χ4v) is 2.73. The van der Waals surface area contributed by atoms with Gasteiger partial charge in [-0.25, -0.2) is 8.78 Å². The summed E-state index contributed by atoms with van der Waals surface area (Å²) in [5.74, 6) is -1.70. The highest BCUT2D eigenvalue weighted by Crippen LogP contribution is 2.62. The van der Waals surface area contributed by atoms with Gasteiger partial charge in [0, 0.05) is 12.8 Å². The minimum absolute atomic E-state index is 0.0662. The smallest absolute Gasteiger partial charge is 0.207 e. The maximum atomic E-state index is 13.4. The molecule has 1 atom stereocenters. The van der Waals surface area contributed by atoms with Crippen LogP contribution in [-0.4, -0.2) is 5.92 Å². The topological polar surface area (TPSA) is 0 Å². The van der Waals surface area contributed by atoms with Crippen LogP contribution in [0, 0.1) is 17.3 Å². The van der Waals surface area contributed by atoms with Gasteiger partial charge in [0.1, 0.15) is 0 Å². The highest BCUT2D eigenvalue weighted by atomic mass is 19.3. The highest BCUT2D eigenvalue weighted by Gasteiger charge is 2.55. The molecule has 0 aromatic carbocycles. The van der Waals surface area contributed by atoms with Crippen molar-refractivity contribution in [3.8, 4) is 0 Å². The van der Waals surface area contributed by atoms with Crippen molar-refractivity contribution in [3.05, 3.63) is 0 Å². The summed E-state index contributed by atoms with van der Waals surface area (Å²) in [5, 5.41) is 0. The standard InChI is InChI=1S/C11H18F2/c1-8(2)9-5-10(3-4-10)7-11(12,13)6-9/h8-9H,3-7H2,1-2H3. The normalized spacial score (nSPS) is 35.3. The van der Waals surface area contributed by atoms with Gasteiger partial charge in [-0.1, -0.05) is 13.8 Å². The predicted octanol–water partition coefficient (Wildman–Crippen LogP) is 3.86. The molecule has 2 heteroatoms. The molecule has 76 valence electrons. The van der Waals surface area contributed by atoms with Crippen LogP contribution >= 0.6 is 0 Å². The fraction of sp³-hybridized carbons (Fsp3) is 1.00. The predicted molar refractivity (Wildman–Crippen MR) is 48.8 cm³/mol. The number of halogens is 2. The molecule has 1 spiro atoms. The molecule has 0 heterocycles. The molecule has 1 unspecified atom stereocenters. The third-order valence-corrected chi connectivity index (χ3v) is 3.79. The third kappa shape index (κ3) is 1.87. The van der Waals surface area contributed by atoms with E-state index >= 15 is 0 Å². The maximum Gasteiger partial charge on any atom is 0.249 e. The average molecular weight is 188 g/mol. The lowest BCUT2D eigenvalue weighted by Crippen LogP contribution is -2.34. The lowest BCUT2D eigenvalue weighted by Gasteiger charge is -2.37. The molecule has 0 aromatic heterocycles. The number of rotatable bonds is 1. The molecule has 0 radical (unpaired) electrons. The largest absolute Gasteiger partial charge is 0.249 e. The van der Waals surface area contributed by atoms with Gasteiger partial charge in [-0.15, -0.1) is 0 Å². The Labute approximate surface area is 78.7 Å². The van der Waals surface area contributed by atoms with Gasteiger partial charge in [0.2, 0.25) is 5.92 Å². The Balaban J connectivity index is 2.08. The van der Waals surface area contributed by atoms with Crippen LogP contribution in [0.5, 0.6) is 0 Å². The van der Waals surface area contributed by atoms with Gasteiger partial charge < -0.3 is 0 Å². The fourth-order valence-electron chi connectivity index (χ4n) is 2.73. The summed E-state index contributed by atoms with van der Waals surface area (Å²) in [6.45, 7) is 4.14. The first kappa shape index (κ1) is 9.42. The van der Waals surface area contributed by atoms with Gasteiger partial charge in [0.15, 0.2) is 0 Å². The quantitative estimate of drug-likeness (QED) is 0.586. The molecule has 2 aliphatic carbocycles. The number of hydrogen-bond acceptors (Lipinski definition) is 0. The average Bonchev–Trinajstić information content (AvgIpc) is 2.64. The second kappa shape index (κ2) is 2.68. The van der Waals surface area contributed by atoms with E-state index in [4.69, 9.17) is 0 Å². The molecule has 0 amide bonds. The molecule has 2 aliphatic rings. The Morgan fingerprint density at radius 1 is 1.15 bits per heavy atom. The minimum atomic E-state index is -2.37. The lowest BCUT2D eigenvalue weighted by molar-refractivity contribution is -0.0857. The number of hydrogen-bond donors (Lipinski definition) is 0. The summed E-state index contributed by atoms with van der Waals surface area (Å²) >= 11 is 0. The Hall–Kier alpha value is -0.140. The number of alkyl halides is 2. The summed E-state index contributed by atoms with van der Waals surface area (Å²) in [5.41, 5.74) is 0.0662.